The lowest BCUT2D eigenvalue weighted by molar-refractivity contribution is 0.0951. The van der Waals surface area contributed by atoms with Crippen molar-refractivity contribution in [2.45, 2.75) is 25.3 Å². The third-order valence-corrected chi connectivity index (χ3v) is 4.71. The van der Waals surface area contributed by atoms with Gasteiger partial charge in [0.15, 0.2) is 0 Å². The quantitative estimate of drug-likeness (QED) is 0.717. The highest BCUT2D eigenvalue weighted by Crippen LogP contribution is 2.39. The Balaban J connectivity index is 1.47. The van der Waals surface area contributed by atoms with Gasteiger partial charge in [-0.1, -0.05) is 18.2 Å². The van der Waals surface area contributed by atoms with Crippen molar-refractivity contribution < 1.29 is 4.79 Å². The first-order valence-electron chi connectivity index (χ1n) is 9.21. The maximum absolute atomic E-state index is 12.9. The molecule has 0 saturated heterocycles. The van der Waals surface area contributed by atoms with Crippen molar-refractivity contribution in [1.82, 2.24) is 19.7 Å². The zero-order valence-corrected chi connectivity index (χ0v) is 15.2. The highest BCUT2D eigenvalue weighted by molar-refractivity contribution is 5.94. The smallest absolute Gasteiger partial charge is 0.350 e. The van der Waals surface area contributed by atoms with Gasteiger partial charge in [-0.25, -0.2) is 14.0 Å². The second-order valence-corrected chi connectivity index (χ2v) is 6.75. The SMILES string of the molecule is N#Cc1ccc(C(=O)NCCn2nc(C3CC3)n(-c3ccccc3)c2=O)cc1. The number of nitrogens with zero attached hydrogens (tertiary/aromatic N) is 4. The maximum Gasteiger partial charge on any atom is 0.350 e. The van der Waals surface area contributed by atoms with E-state index >= 15 is 0 Å². The number of carbonyl (C=O) groups is 1. The molecule has 1 saturated carbocycles. The number of aromatic nitrogens is 3. The van der Waals surface area contributed by atoms with Gasteiger partial charge in [0.05, 0.1) is 23.9 Å². The van der Waals surface area contributed by atoms with Gasteiger partial charge >= 0.3 is 5.69 Å². The van der Waals surface area contributed by atoms with Gasteiger partial charge in [0.25, 0.3) is 5.91 Å². The molecular weight excluding hydrogens is 354 g/mol. The van der Waals surface area contributed by atoms with Crippen LogP contribution < -0.4 is 11.0 Å². The summed E-state index contributed by atoms with van der Waals surface area (Å²) in [6, 6.07) is 17.9. The molecule has 1 N–H and O–H groups in total. The minimum absolute atomic E-state index is 0.194. The molecule has 1 aliphatic carbocycles. The van der Waals surface area contributed by atoms with E-state index in [1.807, 2.05) is 36.4 Å². The van der Waals surface area contributed by atoms with Crippen molar-refractivity contribution in [3.8, 4) is 11.8 Å². The minimum Gasteiger partial charge on any atom is -0.350 e. The van der Waals surface area contributed by atoms with Crippen LogP contribution in [0, 0.1) is 11.3 Å². The fourth-order valence-corrected chi connectivity index (χ4v) is 3.07. The van der Waals surface area contributed by atoms with Crippen LogP contribution in [0.3, 0.4) is 0 Å². The molecule has 7 heteroatoms. The van der Waals surface area contributed by atoms with Crippen LogP contribution in [-0.2, 0) is 6.54 Å². The van der Waals surface area contributed by atoms with Gasteiger partial charge in [-0.2, -0.15) is 10.4 Å². The minimum atomic E-state index is -0.248. The predicted molar refractivity (Wildman–Crippen MR) is 103 cm³/mol. The average Bonchev–Trinajstić information content (AvgIpc) is 3.53. The van der Waals surface area contributed by atoms with Crippen LogP contribution >= 0.6 is 0 Å². The number of carbonyl (C=O) groups excluding carboxylic acids is 1. The van der Waals surface area contributed by atoms with Crippen LogP contribution in [0.15, 0.2) is 59.4 Å². The second-order valence-electron chi connectivity index (χ2n) is 6.75. The van der Waals surface area contributed by atoms with Crippen LogP contribution in [-0.4, -0.2) is 26.8 Å². The molecule has 1 aliphatic rings. The summed E-state index contributed by atoms with van der Waals surface area (Å²) in [6.07, 6.45) is 2.08. The van der Waals surface area contributed by atoms with E-state index in [0.717, 1.165) is 24.4 Å². The van der Waals surface area contributed by atoms with E-state index in [-0.39, 0.29) is 18.1 Å². The Morgan fingerprint density at radius 3 is 2.50 bits per heavy atom. The van der Waals surface area contributed by atoms with Crippen LogP contribution in [0.4, 0.5) is 0 Å². The van der Waals surface area contributed by atoms with Gasteiger partial charge in [0, 0.05) is 18.0 Å². The Kier molecular flexibility index (Phi) is 4.77. The van der Waals surface area contributed by atoms with E-state index in [4.69, 9.17) is 5.26 Å². The van der Waals surface area contributed by atoms with Crippen LogP contribution in [0.5, 0.6) is 0 Å². The Morgan fingerprint density at radius 2 is 1.86 bits per heavy atom. The largest absolute Gasteiger partial charge is 0.350 e. The molecule has 1 amide bonds. The van der Waals surface area contributed by atoms with Gasteiger partial charge in [-0.05, 0) is 49.2 Å². The van der Waals surface area contributed by atoms with E-state index in [1.165, 1.54) is 4.68 Å². The Hall–Kier alpha value is -3.66. The van der Waals surface area contributed by atoms with Crippen molar-refractivity contribution in [3.63, 3.8) is 0 Å². The Bertz CT molecular complexity index is 1090. The van der Waals surface area contributed by atoms with Crippen LogP contribution in [0.2, 0.25) is 0 Å². The number of nitriles is 1. The number of hydrogen-bond donors (Lipinski definition) is 1. The first-order valence-corrected chi connectivity index (χ1v) is 9.21. The average molecular weight is 373 g/mol. The molecule has 0 radical (unpaired) electrons. The summed E-state index contributed by atoms with van der Waals surface area (Å²) >= 11 is 0. The molecule has 1 aromatic heterocycles. The molecule has 140 valence electrons. The van der Waals surface area contributed by atoms with Crippen molar-refractivity contribution in [2.24, 2.45) is 0 Å². The summed E-state index contributed by atoms with van der Waals surface area (Å²) < 4.78 is 3.08. The fourth-order valence-electron chi connectivity index (χ4n) is 3.07. The van der Waals surface area contributed by atoms with Gasteiger partial charge in [0.2, 0.25) is 0 Å². The first-order chi connectivity index (χ1) is 13.7. The van der Waals surface area contributed by atoms with E-state index in [9.17, 15) is 9.59 Å². The van der Waals surface area contributed by atoms with Crippen molar-refractivity contribution in [1.29, 1.82) is 5.26 Å². The van der Waals surface area contributed by atoms with Crippen molar-refractivity contribution in [2.75, 3.05) is 6.54 Å². The molecule has 2 aromatic carbocycles. The molecule has 7 nitrogen and oxygen atoms in total. The Morgan fingerprint density at radius 1 is 1.14 bits per heavy atom. The molecule has 1 heterocycles. The molecule has 3 aromatic rings. The zero-order chi connectivity index (χ0) is 19.5. The molecule has 4 rings (SSSR count). The van der Waals surface area contributed by atoms with E-state index < -0.39 is 0 Å². The molecule has 0 spiro atoms. The molecule has 28 heavy (non-hydrogen) atoms. The summed E-state index contributed by atoms with van der Waals surface area (Å²) in [5.41, 5.74) is 1.59. The third-order valence-electron chi connectivity index (χ3n) is 4.71. The van der Waals surface area contributed by atoms with Gasteiger partial charge in [0.1, 0.15) is 5.82 Å². The molecule has 1 fully saturated rings. The first kappa shape index (κ1) is 17.7. The number of hydrogen-bond acceptors (Lipinski definition) is 4. The van der Waals surface area contributed by atoms with Gasteiger partial charge < -0.3 is 5.32 Å². The summed E-state index contributed by atoms with van der Waals surface area (Å²) in [7, 11) is 0. The van der Waals surface area contributed by atoms with Crippen molar-refractivity contribution >= 4 is 5.91 Å². The molecule has 0 unspecified atom stereocenters. The summed E-state index contributed by atoms with van der Waals surface area (Å²) in [5, 5.41) is 16.1. The predicted octanol–water partition coefficient (Wildman–Crippen LogP) is 2.21. The number of nitrogens with one attached hydrogen (secondary N) is 1. The summed E-state index contributed by atoms with van der Waals surface area (Å²) in [5.74, 6) is 0.861. The normalized spacial score (nSPS) is 13.1. The van der Waals surface area contributed by atoms with Gasteiger partial charge in [-0.3, -0.25) is 4.79 Å². The Labute approximate surface area is 161 Å². The van der Waals surface area contributed by atoms with Crippen LogP contribution in [0.1, 0.15) is 40.5 Å². The third kappa shape index (κ3) is 3.58. The lowest BCUT2D eigenvalue weighted by Crippen LogP contribution is -2.32. The highest BCUT2D eigenvalue weighted by atomic mass is 16.2. The van der Waals surface area contributed by atoms with E-state index in [2.05, 4.69) is 10.4 Å². The fraction of sp³-hybridized carbons (Fsp3) is 0.238. The second kappa shape index (κ2) is 7.53. The number of benzene rings is 2. The molecular formula is C21H19N5O2. The monoisotopic (exact) mass is 373 g/mol. The number of para-hydroxylation sites is 1. The van der Waals surface area contributed by atoms with E-state index in [1.54, 1.807) is 28.8 Å². The topological polar surface area (TPSA) is 92.7 Å². The highest BCUT2D eigenvalue weighted by Gasteiger charge is 2.31. The molecule has 0 atom stereocenters. The maximum atomic E-state index is 12.9. The summed E-state index contributed by atoms with van der Waals surface area (Å²) in [6.45, 7) is 0.578. The lowest BCUT2D eigenvalue weighted by atomic mass is 10.1. The van der Waals surface area contributed by atoms with E-state index in [0.29, 0.717) is 23.6 Å². The summed E-state index contributed by atoms with van der Waals surface area (Å²) in [4.78, 5) is 25.1. The number of rotatable bonds is 6. The molecule has 0 bridgehead atoms. The zero-order valence-electron chi connectivity index (χ0n) is 15.2. The standard InChI is InChI=1S/C21H19N5O2/c22-14-15-6-8-17(9-7-15)20(27)23-12-13-25-21(28)26(18-4-2-1-3-5-18)19(24-25)16-10-11-16/h1-9,16H,10-13H2,(H,23,27). The van der Waals surface area contributed by atoms with Crippen molar-refractivity contribution in [3.05, 3.63) is 82.0 Å². The van der Waals surface area contributed by atoms with Gasteiger partial charge in [-0.15, -0.1) is 0 Å². The van der Waals surface area contributed by atoms with Crippen LogP contribution in [0.25, 0.3) is 5.69 Å². The molecule has 0 aliphatic heterocycles. The number of amides is 1. The lowest BCUT2D eigenvalue weighted by Gasteiger charge is -2.05.